The third-order valence-electron chi connectivity index (χ3n) is 3.93. The smallest absolute Gasteiger partial charge is 0.337 e. The van der Waals surface area contributed by atoms with Gasteiger partial charge in [0, 0.05) is 5.69 Å². The molecule has 136 valence electrons. The number of benzene rings is 2. The average molecular weight is 355 g/mol. The zero-order chi connectivity index (χ0) is 19.2. The minimum Gasteiger partial charge on any atom is -0.465 e. The average Bonchev–Trinajstić information content (AvgIpc) is 2.66. The molecule has 0 bridgehead atoms. The van der Waals surface area contributed by atoms with E-state index in [0.29, 0.717) is 11.3 Å². The van der Waals surface area contributed by atoms with Crippen molar-refractivity contribution in [2.45, 2.75) is 19.3 Å². The minimum atomic E-state index is -0.857. The van der Waals surface area contributed by atoms with Crippen LogP contribution >= 0.6 is 0 Å². The van der Waals surface area contributed by atoms with Gasteiger partial charge >= 0.3 is 11.9 Å². The highest BCUT2D eigenvalue weighted by molar-refractivity contribution is 5.95. The van der Waals surface area contributed by atoms with Crippen molar-refractivity contribution in [3.05, 3.63) is 65.7 Å². The quantitative estimate of drug-likeness (QED) is 0.806. The van der Waals surface area contributed by atoms with Crippen LogP contribution in [-0.4, -0.2) is 31.6 Å². The van der Waals surface area contributed by atoms with Crippen LogP contribution in [0.5, 0.6) is 0 Å². The van der Waals surface area contributed by atoms with Crippen molar-refractivity contribution in [3.63, 3.8) is 0 Å². The zero-order valence-electron chi connectivity index (χ0n) is 14.9. The van der Waals surface area contributed by atoms with Gasteiger partial charge in [-0.25, -0.2) is 4.79 Å². The number of hydrogen-bond donors (Lipinski definition) is 1. The first kappa shape index (κ1) is 19.2. The summed E-state index contributed by atoms with van der Waals surface area (Å²) in [5, 5.41) is 2.60. The van der Waals surface area contributed by atoms with Gasteiger partial charge in [0.05, 0.1) is 18.1 Å². The molecule has 1 amide bonds. The number of nitrogens with one attached hydrogen (secondary N) is 1. The fraction of sp³-hybridized carbons (Fsp3) is 0.250. The lowest BCUT2D eigenvalue weighted by atomic mass is 9.85. The maximum Gasteiger partial charge on any atom is 0.337 e. The third kappa shape index (κ3) is 4.69. The van der Waals surface area contributed by atoms with Crippen molar-refractivity contribution in [3.8, 4) is 0 Å². The second kappa shape index (κ2) is 8.29. The van der Waals surface area contributed by atoms with E-state index >= 15 is 0 Å². The summed E-state index contributed by atoms with van der Waals surface area (Å²) >= 11 is 0. The van der Waals surface area contributed by atoms with Gasteiger partial charge in [-0.2, -0.15) is 0 Å². The lowest BCUT2D eigenvalue weighted by Gasteiger charge is -2.22. The van der Waals surface area contributed by atoms with Crippen molar-refractivity contribution in [1.29, 1.82) is 0 Å². The van der Waals surface area contributed by atoms with E-state index in [1.54, 1.807) is 26.0 Å². The molecule has 0 unspecified atom stereocenters. The zero-order valence-corrected chi connectivity index (χ0v) is 14.9. The molecule has 0 saturated carbocycles. The van der Waals surface area contributed by atoms with Gasteiger partial charge < -0.3 is 14.8 Å². The normalized spacial score (nSPS) is 10.7. The molecule has 2 rings (SSSR count). The van der Waals surface area contributed by atoms with Crippen molar-refractivity contribution in [1.82, 2.24) is 0 Å². The van der Waals surface area contributed by atoms with E-state index in [4.69, 9.17) is 4.74 Å². The summed E-state index contributed by atoms with van der Waals surface area (Å²) in [7, 11) is 1.29. The van der Waals surface area contributed by atoms with Gasteiger partial charge in [0.2, 0.25) is 0 Å². The topological polar surface area (TPSA) is 81.7 Å². The lowest BCUT2D eigenvalue weighted by molar-refractivity contribution is -0.152. The molecule has 6 nitrogen and oxygen atoms in total. The van der Waals surface area contributed by atoms with Crippen molar-refractivity contribution >= 4 is 23.5 Å². The number of carbonyl (C=O) groups is 3. The number of hydrogen-bond acceptors (Lipinski definition) is 5. The summed E-state index contributed by atoms with van der Waals surface area (Å²) in [6, 6.07) is 15.4. The number of ether oxygens (including phenoxy) is 2. The molecule has 0 atom stereocenters. The molecular weight excluding hydrogens is 334 g/mol. The first-order chi connectivity index (χ1) is 12.3. The molecule has 0 heterocycles. The molecular formula is C20H21NO5. The molecule has 0 aromatic heterocycles. The Bertz CT molecular complexity index is 782. The largest absolute Gasteiger partial charge is 0.465 e. The summed E-state index contributed by atoms with van der Waals surface area (Å²) in [5.41, 5.74) is 0.815. The van der Waals surface area contributed by atoms with Gasteiger partial charge in [0.25, 0.3) is 5.91 Å². The van der Waals surface area contributed by atoms with Crippen LogP contribution in [0.15, 0.2) is 54.6 Å². The van der Waals surface area contributed by atoms with E-state index in [1.807, 2.05) is 30.3 Å². The molecule has 0 saturated heterocycles. The molecule has 0 radical (unpaired) electrons. The Morgan fingerprint density at radius 2 is 1.58 bits per heavy atom. The van der Waals surface area contributed by atoms with E-state index in [0.717, 1.165) is 5.56 Å². The second-order valence-electron chi connectivity index (χ2n) is 6.18. The monoisotopic (exact) mass is 355 g/mol. The van der Waals surface area contributed by atoms with Gasteiger partial charge in [-0.05, 0) is 43.7 Å². The van der Waals surface area contributed by atoms with Crippen LogP contribution in [0.3, 0.4) is 0 Å². The molecule has 0 aliphatic carbocycles. The summed E-state index contributed by atoms with van der Waals surface area (Å²) in [6.07, 6.45) is 0. The summed E-state index contributed by atoms with van der Waals surface area (Å²) in [6.45, 7) is 3.09. The van der Waals surface area contributed by atoms with Gasteiger partial charge in [-0.3, -0.25) is 9.59 Å². The van der Waals surface area contributed by atoms with E-state index in [9.17, 15) is 14.4 Å². The van der Waals surface area contributed by atoms with Gasteiger partial charge in [0.1, 0.15) is 0 Å². The molecule has 0 fully saturated rings. The number of anilines is 1. The highest BCUT2D eigenvalue weighted by Gasteiger charge is 2.31. The SMILES string of the molecule is COC(=O)c1ccc(NC(=O)COC(=O)C(C)(C)c2ccccc2)cc1. The Labute approximate surface area is 152 Å². The van der Waals surface area contributed by atoms with Crippen LogP contribution in [0.25, 0.3) is 0 Å². The Balaban J connectivity index is 1.90. The molecule has 1 N–H and O–H groups in total. The molecule has 0 aliphatic rings. The molecule has 2 aromatic rings. The maximum atomic E-state index is 12.3. The van der Waals surface area contributed by atoms with Crippen LogP contribution in [0.1, 0.15) is 29.8 Å². The van der Waals surface area contributed by atoms with Crippen LogP contribution in [-0.2, 0) is 24.5 Å². The van der Waals surface area contributed by atoms with E-state index in [2.05, 4.69) is 10.1 Å². The predicted molar refractivity (Wildman–Crippen MR) is 96.8 cm³/mol. The third-order valence-corrected chi connectivity index (χ3v) is 3.93. The standard InChI is InChI=1S/C20H21NO5/c1-20(2,15-7-5-4-6-8-15)19(24)26-13-17(22)21-16-11-9-14(10-12-16)18(23)25-3/h4-12H,13H2,1-3H3,(H,21,22). The maximum absolute atomic E-state index is 12.3. The van der Waals surface area contributed by atoms with Gasteiger partial charge in [0.15, 0.2) is 6.61 Å². The van der Waals surface area contributed by atoms with Crippen molar-refractivity contribution < 1.29 is 23.9 Å². The first-order valence-electron chi connectivity index (χ1n) is 8.05. The second-order valence-corrected chi connectivity index (χ2v) is 6.18. The van der Waals surface area contributed by atoms with Crippen molar-refractivity contribution in [2.24, 2.45) is 0 Å². The van der Waals surface area contributed by atoms with E-state index in [1.165, 1.54) is 19.2 Å². The number of methoxy groups -OCH3 is 1. The first-order valence-corrected chi connectivity index (χ1v) is 8.05. The Kier molecular flexibility index (Phi) is 6.11. The van der Waals surface area contributed by atoms with Crippen LogP contribution in [0.4, 0.5) is 5.69 Å². The van der Waals surface area contributed by atoms with Gasteiger partial charge in [-0.15, -0.1) is 0 Å². The van der Waals surface area contributed by atoms with Crippen molar-refractivity contribution in [2.75, 3.05) is 19.0 Å². The Morgan fingerprint density at radius 3 is 2.15 bits per heavy atom. The number of amides is 1. The highest BCUT2D eigenvalue weighted by atomic mass is 16.5. The highest BCUT2D eigenvalue weighted by Crippen LogP contribution is 2.24. The Hall–Kier alpha value is -3.15. The molecule has 6 heteroatoms. The summed E-state index contributed by atoms with van der Waals surface area (Å²) < 4.78 is 9.76. The van der Waals surface area contributed by atoms with Crippen LogP contribution < -0.4 is 5.32 Å². The summed E-state index contributed by atoms with van der Waals surface area (Å²) in [4.78, 5) is 35.7. The molecule has 0 spiro atoms. The molecule has 0 aliphatic heterocycles. The van der Waals surface area contributed by atoms with Crippen LogP contribution in [0.2, 0.25) is 0 Å². The molecule has 2 aromatic carbocycles. The molecule has 26 heavy (non-hydrogen) atoms. The van der Waals surface area contributed by atoms with E-state index < -0.39 is 29.9 Å². The van der Waals surface area contributed by atoms with Gasteiger partial charge in [-0.1, -0.05) is 30.3 Å². The van der Waals surface area contributed by atoms with E-state index in [-0.39, 0.29) is 0 Å². The lowest BCUT2D eigenvalue weighted by Crippen LogP contribution is -2.33. The Morgan fingerprint density at radius 1 is 0.962 bits per heavy atom. The number of esters is 2. The predicted octanol–water partition coefficient (Wildman–Crippen LogP) is 2.93. The fourth-order valence-electron chi connectivity index (χ4n) is 2.29. The fourth-order valence-corrected chi connectivity index (χ4v) is 2.29. The number of carbonyl (C=O) groups excluding carboxylic acids is 3. The summed E-state index contributed by atoms with van der Waals surface area (Å²) in [5.74, 6) is -1.41. The van der Waals surface area contributed by atoms with Crippen LogP contribution in [0, 0.1) is 0 Å². The minimum absolute atomic E-state index is 0.376. The number of rotatable bonds is 6.